The first-order valence-electron chi connectivity index (χ1n) is 7.61. The van der Waals surface area contributed by atoms with Gasteiger partial charge in [-0.3, -0.25) is 9.79 Å². The van der Waals surface area contributed by atoms with Crippen LogP contribution in [0.4, 0.5) is 0 Å². The molecule has 0 saturated heterocycles. The van der Waals surface area contributed by atoms with Gasteiger partial charge in [0.05, 0.1) is 12.0 Å². The number of nitrogens with zero attached hydrogens (tertiary/aromatic N) is 3. The van der Waals surface area contributed by atoms with Gasteiger partial charge in [-0.2, -0.15) is 5.10 Å². The summed E-state index contributed by atoms with van der Waals surface area (Å²) in [4.78, 5) is 16.9. The quantitative estimate of drug-likeness (QED) is 0.922. The molecule has 2 unspecified atom stereocenters. The van der Waals surface area contributed by atoms with E-state index in [1.54, 1.807) is 4.68 Å². The Morgan fingerprint density at radius 3 is 2.74 bits per heavy atom. The Bertz CT molecular complexity index is 766. The second-order valence-electron chi connectivity index (χ2n) is 5.75. The summed E-state index contributed by atoms with van der Waals surface area (Å²) in [6.45, 7) is 0. The van der Waals surface area contributed by atoms with Gasteiger partial charge in [-0.25, -0.2) is 4.68 Å². The smallest absolute Gasteiger partial charge is 0.308 e. The Morgan fingerprint density at radius 1 is 1.35 bits per heavy atom. The number of carbonyl (C=O) groups is 1. The van der Waals surface area contributed by atoms with E-state index in [1.807, 2.05) is 31.3 Å². The number of hydrogen-bond donors (Lipinski definition) is 1. The topological polar surface area (TPSA) is 67.5 Å². The van der Waals surface area contributed by atoms with Gasteiger partial charge in [0.1, 0.15) is 5.01 Å². The lowest BCUT2D eigenvalue weighted by Crippen LogP contribution is -2.32. The van der Waals surface area contributed by atoms with E-state index in [-0.39, 0.29) is 12.0 Å². The molecule has 5 nitrogen and oxygen atoms in total. The molecule has 0 radical (unpaired) electrons. The lowest BCUT2D eigenvalue weighted by molar-refractivity contribution is -0.143. The van der Waals surface area contributed by atoms with E-state index in [1.165, 1.54) is 11.3 Å². The van der Waals surface area contributed by atoms with Gasteiger partial charge in [-0.05, 0) is 25.0 Å². The van der Waals surface area contributed by atoms with Gasteiger partial charge in [0.25, 0.3) is 0 Å². The Morgan fingerprint density at radius 2 is 2.04 bits per heavy atom. The molecule has 23 heavy (non-hydrogen) atoms. The van der Waals surface area contributed by atoms with E-state index in [2.05, 4.69) is 5.10 Å². The van der Waals surface area contributed by atoms with Crippen molar-refractivity contribution in [3.05, 3.63) is 34.1 Å². The summed E-state index contributed by atoms with van der Waals surface area (Å²) < 4.78 is 1.72. The number of benzene rings is 1. The number of carboxylic acid groups (broad SMARTS) is 1. The van der Waals surface area contributed by atoms with Crippen LogP contribution >= 0.6 is 22.9 Å². The summed E-state index contributed by atoms with van der Waals surface area (Å²) >= 11 is 7.39. The fraction of sp³-hybridized carbons (Fsp3) is 0.438. The number of halogens is 1. The Balaban J connectivity index is 1.93. The van der Waals surface area contributed by atoms with Crippen LogP contribution in [0.2, 0.25) is 5.02 Å². The summed E-state index contributed by atoms with van der Waals surface area (Å²) in [7, 11) is 1.84. The SMILES string of the molecule is Cn1nc(-c2ccc(Cl)cc2)sc1=NC1CCCCC1C(=O)O. The normalized spacial score (nSPS) is 22.3. The third-order valence-electron chi connectivity index (χ3n) is 4.12. The predicted molar refractivity (Wildman–Crippen MR) is 90.5 cm³/mol. The molecule has 2 aromatic rings. The molecule has 3 rings (SSSR count). The number of carboxylic acids is 1. The Kier molecular flexibility index (Phi) is 4.82. The molecule has 1 aromatic heterocycles. The first-order chi connectivity index (χ1) is 11.0. The van der Waals surface area contributed by atoms with Crippen LogP contribution in [0.5, 0.6) is 0 Å². The van der Waals surface area contributed by atoms with Crippen LogP contribution in [-0.4, -0.2) is 26.9 Å². The maximum absolute atomic E-state index is 11.4. The number of aliphatic carboxylic acids is 1. The third kappa shape index (κ3) is 3.64. The molecule has 122 valence electrons. The summed E-state index contributed by atoms with van der Waals surface area (Å²) in [6.07, 6.45) is 3.53. The number of hydrogen-bond acceptors (Lipinski definition) is 4. The molecule has 1 heterocycles. The van der Waals surface area contributed by atoms with E-state index >= 15 is 0 Å². The van der Waals surface area contributed by atoms with Gasteiger partial charge in [0.2, 0.25) is 4.80 Å². The minimum atomic E-state index is -0.747. The van der Waals surface area contributed by atoms with Crippen molar-refractivity contribution in [2.75, 3.05) is 0 Å². The van der Waals surface area contributed by atoms with E-state index in [0.717, 1.165) is 34.6 Å². The van der Waals surface area contributed by atoms with Gasteiger partial charge in [0, 0.05) is 17.6 Å². The average molecular weight is 352 g/mol. The highest BCUT2D eigenvalue weighted by Gasteiger charge is 2.30. The molecule has 1 N–H and O–H groups in total. The maximum Gasteiger partial charge on any atom is 0.308 e. The number of aryl methyl sites for hydroxylation is 1. The summed E-state index contributed by atoms with van der Waals surface area (Å²) in [6, 6.07) is 7.34. The van der Waals surface area contributed by atoms with Gasteiger partial charge >= 0.3 is 5.97 Å². The molecule has 0 spiro atoms. The second kappa shape index (κ2) is 6.84. The molecule has 1 saturated carbocycles. The molecule has 1 aliphatic rings. The van der Waals surface area contributed by atoms with Gasteiger partial charge in [-0.1, -0.05) is 47.9 Å². The Labute approximate surface area is 143 Å². The van der Waals surface area contributed by atoms with Crippen LogP contribution in [0.15, 0.2) is 29.3 Å². The van der Waals surface area contributed by atoms with E-state index in [9.17, 15) is 9.90 Å². The van der Waals surface area contributed by atoms with Crippen molar-refractivity contribution in [1.82, 2.24) is 9.78 Å². The predicted octanol–water partition coefficient (Wildman–Crippen LogP) is 3.35. The number of aromatic nitrogens is 2. The first kappa shape index (κ1) is 16.2. The minimum Gasteiger partial charge on any atom is -0.481 e. The molecule has 1 aliphatic carbocycles. The van der Waals surface area contributed by atoms with Crippen molar-refractivity contribution in [2.24, 2.45) is 18.0 Å². The monoisotopic (exact) mass is 351 g/mol. The van der Waals surface area contributed by atoms with Crippen LogP contribution < -0.4 is 4.80 Å². The van der Waals surface area contributed by atoms with Gasteiger partial charge in [-0.15, -0.1) is 0 Å². The molecular formula is C16H18ClN3O2S. The van der Waals surface area contributed by atoms with Gasteiger partial charge < -0.3 is 5.11 Å². The summed E-state index contributed by atoms with van der Waals surface area (Å²) in [5.41, 5.74) is 0.981. The Hall–Kier alpha value is -1.66. The van der Waals surface area contributed by atoms with Crippen molar-refractivity contribution >= 4 is 28.9 Å². The van der Waals surface area contributed by atoms with Crippen molar-refractivity contribution in [2.45, 2.75) is 31.7 Å². The second-order valence-corrected chi connectivity index (χ2v) is 7.14. The van der Waals surface area contributed by atoms with E-state index in [4.69, 9.17) is 16.6 Å². The highest BCUT2D eigenvalue weighted by atomic mass is 35.5. The standard InChI is InChI=1S/C16H18ClN3O2S/c1-20-16(18-13-5-3-2-4-12(13)15(21)22)23-14(19-20)10-6-8-11(17)9-7-10/h6-9,12-13H,2-5H2,1H3,(H,21,22). The molecule has 0 bridgehead atoms. The van der Waals surface area contributed by atoms with E-state index < -0.39 is 5.97 Å². The lowest BCUT2D eigenvalue weighted by atomic mass is 9.85. The van der Waals surface area contributed by atoms with Crippen LogP contribution in [0.1, 0.15) is 25.7 Å². The van der Waals surface area contributed by atoms with E-state index in [0.29, 0.717) is 11.4 Å². The highest BCUT2D eigenvalue weighted by molar-refractivity contribution is 7.12. The highest BCUT2D eigenvalue weighted by Crippen LogP contribution is 2.27. The van der Waals surface area contributed by atoms with Crippen molar-refractivity contribution in [1.29, 1.82) is 0 Å². The molecule has 0 aliphatic heterocycles. The molecule has 7 heteroatoms. The summed E-state index contributed by atoms with van der Waals surface area (Å²) in [5.74, 6) is -1.13. The molecule has 2 atom stereocenters. The largest absolute Gasteiger partial charge is 0.481 e. The molecule has 1 aromatic carbocycles. The van der Waals surface area contributed by atoms with Crippen LogP contribution in [0.25, 0.3) is 10.6 Å². The van der Waals surface area contributed by atoms with Gasteiger partial charge in [0.15, 0.2) is 0 Å². The fourth-order valence-electron chi connectivity index (χ4n) is 2.87. The molecular weight excluding hydrogens is 334 g/mol. The van der Waals surface area contributed by atoms with Crippen LogP contribution in [0.3, 0.4) is 0 Å². The van der Waals surface area contributed by atoms with Crippen molar-refractivity contribution in [3.63, 3.8) is 0 Å². The first-order valence-corrected chi connectivity index (χ1v) is 8.81. The van der Waals surface area contributed by atoms with Crippen LogP contribution in [0, 0.1) is 5.92 Å². The average Bonchev–Trinajstić information content (AvgIpc) is 2.89. The van der Waals surface area contributed by atoms with Crippen molar-refractivity contribution in [3.8, 4) is 10.6 Å². The maximum atomic E-state index is 11.4. The fourth-order valence-corrected chi connectivity index (χ4v) is 3.94. The zero-order valence-electron chi connectivity index (χ0n) is 12.8. The van der Waals surface area contributed by atoms with Crippen LogP contribution in [-0.2, 0) is 11.8 Å². The third-order valence-corrected chi connectivity index (χ3v) is 5.43. The molecule has 0 amide bonds. The lowest BCUT2D eigenvalue weighted by Gasteiger charge is -2.24. The summed E-state index contributed by atoms with van der Waals surface area (Å²) in [5, 5.41) is 15.4. The van der Waals surface area contributed by atoms with Crippen molar-refractivity contribution < 1.29 is 9.90 Å². The zero-order valence-corrected chi connectivity index (χ0v) is 14.3. The number of rotatable bonds is 3. The molecule has 1 fully saturated rings. The zero-order chi connectivity index (χ0) is 16.4. The minimum absolute atomic E-state index is 0.161.